The molecule has 2 N–H and O–H groups in total. The van der Waals surface area contributed by atoms with E-state index in [0.717, 1.165) is 17.5 Å². The number of hydrogen-bond donors (Lipinski definition) is 2. The first-order chi connectivity index (χ1) is 11.8. The molecule has 3 rings (SSSR count). The molecule has 0 saturated carbocycles. The van der Waals surface area contributed by atoms with E-state index in [9.17, 15) is 0 Å². The Bertz CT molecular complexity index is 701. The van der Waals surface area contributed by atoms with E-state index in [0.29, 0.717) is 48.8 Å². The quantitative estimate of drug-likeness (QED) is 0.656. The molecule has 0 bridgehead atoms. The van der Waals surface area contributed by atoms with Crippen molar-refractivity contribution in [1.82, 2.24) is 10.6 Å². The highest BCUT2D eigenvalue weighted by molar-refractivity contribution is 6.32. The van der Waals surface area contributed by atoms with Crippen LogP contribution >= 0.6 is 11.6 Å². The third kappa shape index (κ3) is 4.14. The van der Waals surface area contributed by atoms with Gasteiger partial charge in [0.05, 0.1) is 30.8 Å². The fourth-order valence-corrected chi connectivity index (χ4v) is 2.66. The minimum Gasteiger partial charge on any atom is -0.489 e. The monoisotopic (exact) mass is 349 g/mol. The summed E-state index contributed by atoms with van der Waals surface area (Å²) in [5.74, 6) is 2.01. The van der Waals surface area contributed by atoms with Crippen LogP contribution in [0, 0.1) is 0 Å². The zero-order chi connectivity index (χ0) is 16.8. The summed E-state index contributed by atoms with van der Waals surface area (Å²) < 4.78 is 16.4. The molecular weight excluding hydrogens is 330 g/mol. The summed E-state index contributed by atoms with van der Waals surface area (Å²) in [6.07, 6.45) is 4.19. The summed E-state index contributed by atoms with van der Waals surface area (Å²) in [6, 6.07) is 5.73. The van der Waals surface area contributed by atoms with E-state index in [1.807, 2.05) is 18.2 Å². The van der Waals surface area contributed by atoms with Crippen molar-refractivity contribution >= 4 is 17.6 Å². The molecule has 7 heteroatoms. The van der Waals surface area contributed by atoms with Gasteiger partial charge in [-0.2, -0.15) is 0 Å². The van der Waals surface area contributed by atoms with Crippen molar-refractivity contribution in [2.24, 2.45) is 4.99 Å². The second-order valence-electron chi connectivity index (χ2n) is 5.37. The van der Waals surface area contributed by atoms with Gasteiger partial charge >= 0.3 is 0 Å². The second-order valence-corrected chi connectivity index (χ2v) is 5.77. The van der Waals surface area contributed by atoms with Crippen LogP contribution in [0.1, 0.15) is 17.5 Å². The molecule has 0 atom stereocenters. The number of nitrogens with zero attached hydrogens (tertiary/aromatic N) is 1. The summed E-state index contributed by atoms with van der Waals surface area (Å²) in [4.78, 5) is 4.20. The number of ether oxygens (including phenoxy) is 2. The molecule has 1 aliphatic rings. The predicted molar refractivity (Wildman–Crippen MR) is 92.8 cm³/mol. The smallest absolute Gasteiger partial charge is 0.191 e. The van der Waals surface area contributed by atoms with Gasteiger partial charge in [-0.05, 0) is 23.8 Å². The van der Waals surface area contributed by atoms with Gasteiger partial charge in [0.1, 0.15) is 0 Å². The van der Waals surface area contributed by atoms with Gasteiger partial charge in [0.25, 0.3) is 0 Å². The number of halogens is 1. The standard InChI is InChI=1S/C17H20ClN3O3/c1-19-17(20-9-12-3-6-22-11-12)21-10-13-7-14(18)16-15(8-13)23-4-2-5-24-16/h3,6-8,11H,2,4-5,9-10H2,1H3,(H2,19,20,21). The minimum atomic E-state index is 0.563. The van der Waals surface area contributed by atoms with Crippen molar-refractivity contribution in [3.05, 3.63) is 46.9 Å². The molecule has 0 fully saturated rings. The van der Waals surface area contributed by atoms with Crippen LogP contribution in [-0.2, 0) is 13.1 Å². The molecule has 128 valence electrons. The normalized spacial score (nSPS) is 14.2. The average molecular weight is 350 g/mol. The van der Waals surface area contributed by atoms with Crippen molar-refractivity contribution in [2.45, 2.75) is 19.5 Å². The van der Waals surface area contributed by atoms with Gasteiger partial charge in [-0.15, -0.1) is 0 Å². The van der Waals surface area contributed by atoms with Crippen molar-refractivity contribution in [1.29, 1.82) is 0 Å². The third-order valence-corrected chi connectivity index (χ3v) is 3.87. The largest absolute Gasteiger partial charge is 0.489 e. The van der Waals surface area contributed by atoms with E-state index in [1.165, 1.54) is 0 Å². The molecule has 1 aromatic carbocycles. The number of benzene rings is 1. The van der Waals surface area contributed by atoms with Crippen LogP contribution < -0.4 is 20.1 Å². The number of nitrogens with one attached hydrogen (secondary N) is 2. The van der Waals surface area contributed by atoms with Gasteiger partial charge in [-0.3, -0.25) is 4.99 Å². The van der Waals surface area contributed by atoms with Crippen molar-refractivity contribution in [3.8, 4) is 11.5 Å². The van der Waals surface area contributed by atoms with E-state index in [-0.39, 0.29) is 0 Å². The van der Waals surface area contributed by atoms with Gasteiger partial charge in [-0.25, -0.2) is 0 Å². The lowest BCUT2D eigenvalue weighted by Crippen LogP contribution is -2.36. The number of aliphatic imine (C=N–C) groups is 1. The lowest BCUT2D eigenvalue weighted by Gasteiger charge is -2.14. The summed E-state index contributed by atoms with van der Waals surface area (Å²) in [5.41, 5.74) is 2.05. The number of guanidine groups is 1. The van der Waals surface area contributed by atoms with Crippen molar-refractivity contribution in [3.63, 3.8) is 0 Å². The van der Waals surface area contributed by atoms with E-state index in [4.69, 9.17) is 25.5 Å². The predicted octanol–water partition coefficient (Wildman–Crippen LogP) is 2.96. The molecule has 0 amide bonds. The first kappa shape index (κ1) is 16.5. The average Bonchev–Trinajstić information content (AvgIpc) is 2.99. The molecule has 0 aliphatic carbocycles. The minimum absolute atomic E-state index is 0.563. The van der Waals surface area contributed by atoms with Crippen LogP contribution in [0.25, 0.3) is 0 Å². The Kier molecular flexibility index (Phi) is 5.48. The van der Waals surface area contributed by atoms with Crippen molar-refractivity contribution < 1.29 is 13.9 Å². The lowest BCUT2D eigenvalue weighted by molar-refractivity contribution is 0.297. The molecule has 1 aromatic heterocycles. The van der Waals surface area contributed by atoms with E-state index in [2.05, 4.69) is 15.6 Å². The Labute approximate surface area is 145 Å². The first-order valence-corrected chi connectivity index (χ1v) is 8.17. The van der Waals surface area contributed by atoms with Crippen LogP contribution in [0.15, 0.2) is 40.1 Å². The van der Waals surface area contributed by atoms with Gasteiger partial charge in [0.2, 0.25) is 0 Å². The van der Waals surface area contributed by atoms with E-state index >= 15 is 0 Å². The molecule has 0 unspecified atom stereocenters. The van der Waals surface area contributed by atoms with E-state index in [1.54, 1.807) is 19.6 Å². The maximum absolute atomic E-state index is 6.31. The van der Waals surface area contributed by atoms with Crippen LogP contribution in [0.3, 0.4) is 0 Å². The highest BCUT2D eigenvalue weighted by atomic mass is 35.5. The summed E-state index contributed by atoms with van der Waals surface area (Å²) >= 11 is 6.31. The number of rotatable bonds is 4. The van der Waals surface area contributed by atoms with Gasteiger partial charge in [0, 0.05) is 32.1 Å². The molecule has 1 aliphatic heterocycles. The third-order valence-electron chi connectivity index (χ3n) is 3.59. The zero-order valence-electron chi connectivity index (χ0n) is 13.5. The molecule has 2 heterocycles. The summed E-state index contributed by atoms with van der Waals surface area (Å²) in [6.45, 7) is 2.46. The summed E-state index contributed by atoms with van der Waals surface area (Å²) in [5, 5.41) is 7.03. The maximum atomic E-state index is 6.31. The molecular formula is C17H20ClN3O3. The number of hydrogen-bond acceptors (Lipinski definition) is 4. The molecule has 2 aromatic rings. The van der Waals surface area contributed by atoms with Crippen LogP contribution in [-0.4, -0.2) is 26.2 Å². The number of fused-ring (bicyclic) bond motifs is 1. The lowest BCUT2D eigenvalue weighted by atomic mass is 10.2. The van der Waals surface area contributed by atoms with Crippen molar-refractivity contribution in [2.75, 3.05) is 20.3 Å². The number of furan rings is 1. The summed E-state index contributed by atoms with van der Waals surface area (Å²) in [7, 11) is 1.73. The van der Waals surface area contributed by atoms with Crippen LogP contribution in [0.4, 0.5) is 0 Å². The molecule has 0 radical (unpaired) electrons. The second kappa shape index (κ2) is 7.97. The Morgan fingerprint density at radius 1 is 1.17 bits per heavy atom. The van der Waals surface area contributed by atoms with E-state index < -0.39 is 0 Å². The van der Waals surface area contributed by atoms with Crippen LogP contribution in [0.2, 0.25) is 5.02 Å². The first-order valence-electron chi connectivity index (χ1n) is 7.80. The zero-order valence-corrected chi connectivity index (χ0v) is 14.2. The highest BCUT2D eigenvalue weighted by Gasteiger charge is 2.15. The fourth-order valence-electron chi connectivity index (χ4n) is 2.37. The Hall–Kier alpha value is -2.34. The molecule has 24 heavy (non-hydrogen) atoms. The Morgan fingerprint density at radius 3 is 2.71 bits per heavy atom. The highest BCUT2D eigenvalue weighted by Crippen LogP contribution is 2.37. The Balaban J connectivity index is 1.61. The fraction of sp³-hybridized carbons (Fsp3) is 0.353. The van der Waals surface area contributed by atoms with Gasteiger partial charge < -0.3 is 24.5 Å². The van der Waals surface area contributed by atoms with Gasteiger partial charge in [-0.1, -0.05) is 11.6 Å². The SMILES string of the molecule is CN=C(NCc1ccoc1)NCc1cc(Cl)c2c(c1)OCCCO2. The topological polar surface area (TPSA) is 68.0 Å². The molecule has 0 spiro atoms. The maximum Gasteiger partial charge on any atom is 0.191 e. The van der Waals surface area contributed by atoms with Gasteiger partial charge in [0.15, 0.2) is 17.5 Å². The molecule has 6 nitrogen and oxygen atoms in total. The Morgan fingerprint density at radius 2 is 1.96 bits per heavy atom. The van der Waals surface area contributed by atoms with Crippen LogP contribution in [0.5, 0.6) is 11.5 Å². The molecule has 0 saturated heterocycles.